The van der Waals surface area contributed by atoms with Gasteiger partial charge in [0.25, 0.3) is 0 Å². The van der Waals surface area contributed by atoms with Crippen molar-refractivity contribution in [3.63, 3.8) is 0 Å². The molecule has 2 heterocycles. The summed E-state index contributed by atoms with van der Waals surface area (Å²) in [6.07, 6.45) is 5.51. The lowest BCUT2D eigenvalue weighted by Gasteiger charge is -2.51. The highest BCUT2D eigenvalue weighted by Crippen LogP contribution is 2.44. The van der Waals surface area contributed by atoms with Gasteiger partial charge in [0.05, 0.1) is 5.60 Å². The highest BCUT2D eigenvalue weighted by Gasteiger charge is 2.48. The second kappa shape index (κ2) is 7.80. The molecule has 0 aliphatic carbocycles. The summed E-state index contributed by atoms with van der Waals surface area (Å²) in [5.74, 6) is 0. The van der Waals surface area contributed by atoms with E-state index in [-0.39, 0.29) is 24.8 Å². The van der Waals surface area contributed by atoms with E-state index >= 15 is 0 Å². The van der Waals surface area contributed by atoms with Crippen LogP contribution < -0.4 is 0 Å². The monoisotopic (exact) mass is 377 g/mol. The molecule has 1 N–H and O–H groups in total. The number of amides is 1. The van der Waals surface area contributed by atoms with Crippen LogP contribution in [0.2, 0.25) is 0 Å². The third-order valence-corrected chi connectivity index (χ3v) is 6.08. The quantitative estimate of drug-likeness (QED) is 0.827. The molecule has 2 fully saturated rings. The van der Waals surface area contributed by atoms with Gasteiger partial charge in [-0.25, -0.2) is 4.79 Å². The highest BCUT2D eigenvalue weighted by molar-refractivity contribution is 5.69. The zero-order valence-electron chi connectivity index (χ0n) is 16.1. The van der Waals surface area contributed by atoms with Gasteiger partial charge in [-0.05, 0) is 42.0 Å². The second-order valence-corrected chi connectivity index (χ2v) is 7.96. The molecule has 0 aromatic heterocycles. The van der Waals surface area contributed by atoms with E-state index in [1.165, 1.54) is 0 Å². The van der Waals surface area contributed by atoms with E-state index in [9.17, 15) is 9.90 Å². The van der Waals surface area contributed by atoms with Gasteiger partial charge >= 0.3 is 6.09 Å². The van der Waals surface area contributed by atoms with Crippen molar-refractivity contribution in [3.05, 3.63) is 77.9 Å². The molecule has 146 valence electrons. The number of fused-ring (bicyclic) bond motifs is 2. The first-order chi connectivity index (χ1) is 13.6. The molecule has 0 spiro atoms. The summed E-state index contributed by atoms with van der Waals surface area (Å²) < 4.78 is 5.61. The molecule has 4 nitrogen and oxygen atoms in total. The SMILES string of the molecule is C=Cc1cccc(C2(O)CC3CCCC(C2)N3C(=O)OCc2ccccc2)c1. The van der Waals surface area contributed by atoms with Crippen LogP contribution in [0.5, 0.6) is 0 Å². The van der Waals surface area contributed by atoms with Gasteiger partial charge in [0.15, 0.2) is 0 Å². The molecule has 2 unspecified atom stereocenters. The van der Waals surface area contributed by atoms with Gasteiger partial charge in [0, 0.05) is 24.9 Å². The molecule has 1 amide bonds. The first-order valence-corrected chi connectivity index (χ1v) is 10.0. The van der Waals surface area contributed by atoms with E-state index < -0.39 is 5.60 Å². The van der Waals surface area contributed by atoms with Gasteiger partial charge in [-0.3, -0.25) is 0 Å². The minimum Gasteiger partial charge on any atom is -0.445 e. The Kier molecular flexibility index (Phi) is 5.23. The first-order valence-electron chi connectivity index (χ1n) is 10.0. The van der Waals surface area contributed by atoms with Gasteiger partial charge < -0.3 is 14.7 Å². The van der Waals surface area contributed by atoms with Crippen LogP contribution in [0, 0.1) is 0 Å². The average molecular weight is 377 g/mol. The van der Waals surface area contributed by atoms with E-state index in [2.05, 4.69) is 6.58 Å². The Morgan fingerprint density at radius 2 is 1.86 bits per heavy atom. The molecule has 2 aromatic carbocycles. The van der Waals surface area contributed by atoms with Crippen LogP contribution >= 0.6 is 0 Å². The third-order valence-electron chi connectivity index (χ3n) is 6.08. The molecular formula is C24H27NO3. The largest absolute Gasteiger partial charge is 0.445 e. The van der Waals surface area contributed by atoms with E-state index in [4.69, 9.17) is 4.74 Å². The Morgan fingerprint density at radius 1 is 1.14 bits per heavy atom. The standard InChI is InChI=1S/C24H27NO3/c1-2-18-10-6-11-20(14-18)24(27)15-21-12-7-13-22(16-24)25(21)23(26)28-17-19-8-4-3-5-9-19/h2-6,8-11,14,21-22,27H,1,7,12-13,15-17H2. The predicted molar refractivity (Wildman–Crippen MR) is 110 cm³/mol. The van der Waals surface area contributed by atoms with E-state index in [1.807, 2.05) is 59.5 Å². The van der Waals surface area contributed by atoms with Gasteiger partial charge in [-0.2, -0.15) is 0 Å². The molecule has 2 atom stereocenters. The van der Waals surface area contributed by atoms with Crippen molar-refractivity contribution >= 4 is 12.2 Å². The van der Waals surface area contributed by atoms with Crippen molar-refractivity contribution < 1.29 is 14.6 Å². The van der Waals surface area contributed by atoms with Crippen molar-refractivity contribution in [1.29, 1.82) is 0 Å². The number of aliphatic hydroxyl groups is 1. The van der Waals surface area contributed by atoms with Crippen LogP contribution in [-0.4, -0.2) is 28.2 Å². The summed E-state index contributed by atoms with van der Waals surface area (Å²) in [4.78, 5) is 14.7. The van der Waals surface area contributed by atoms with Crippen LogP contribution in [0.1, 0.15) is 48.8 Å². The van der Waals surface area contributed by atoms with Crippen molar-refractivity contribution in [3.8, 4) is 0 Å². The minimum atomic E-state index is -0.912. The fraction of sp³-hybridized carbons (Fsp3) is 0.375. The maximum absolute atomic E-state index is 12.8. The topological polar surface area (TPSA) is 49.8 Å². The molecule has 28 heavy (non-hydrogen) atoms. The zero-order valence-corrected chi connectivity index (χ0v) is 16.1. The summed E-state index contributed by atoms with van der Waals surface area (Å²) in [5.41, 5.74) is 1.99. The van der Waals surface area contributed by atoms with E-state index in [0.29, 0.717) is 12.8 Å². The minimum absolute atomic E-state index is 0.00756. The summed E-state index contributed by atoms with van der Waals surface area (Å²) in [6, 6.07) is 17.7. The first kappa shape index (κ1) is 18.8. The molecule has 0 saturated carbocycles. The number of carbonyl (C=O) groups is 1. The van der Waals surface area contributed by atoms with Gasteiger partial charge in [0.1, 0.15) is 6.61 Å². The van der Waals surface area contributed by atoms with Gasteiger partial charge in [0.2, 0.25) is 0 Å². The fourth-order valence-corrected chi connectivity index (χ4v) is 4.71. The van der Waals surface area contributed by atoms with E-state index in [1.54, 1.807) is 6.08 Å². The third kappa shape index (κ3) is 3.69. The Bertz CT molecular complexity index is 834. The average Bonchev–Trinajstić information content (AvgIpc) is 2.72. The number of piperidine rings is 2. The Hall–Kier alpha value is -2.59. The molecule has 2 aromatic rings. The normalized spacial score (nSPS) is 26.5. The lowest BCUT2D eigenvalue weighted by Crippen LogP contribution is -2.58. The lowest BCUT2D eigenvalue weighted by atomic mass is 9.72. The molecule has 2 saturated heterocycles. The Labute approximate surface area is 166 Å². The van der Waals surface area contributed by atoms with Gasteiger partial charge in [-0.1, -0.05) is 61.2 Å². The molecule has 2 bridgehead atoms. The molecular weight excluding hydrogens is 350 g/mol. The number of nitrogens with zero attached hydrogens (tertiary/aromatic N) is 1. The van der Waals surface area contributed by atoms with Crippen LogP contribution in [0.15, 0.2) is 61.2 Å². The number of benzene rings is 2. The van der Waals surface area contributed by atoms with Crippen molar-refractivity contribution in [1.82, 2.24) is 4.90 Å². The number of hydrogen-bond acceptors (Lipinski definition) is 3. The van der Waals surface area contributed by atoms with Crippen molar-refractivity contribution in [2.75, 3.05) is 0 Å². The number of carbonyl (C=O) groups excluding carboxylic acids is 1. The fourth-order valence-electron chi connectivity index (χ4n) is 4.71. The highest BCUT2D eigenvalue weighted by atomic mass is 16.6. The maximum Gasteiger partial charge on any atom is 0.410 e. The maximum atomic E-state index is 12.8. The molecule has 4 rings (SSSR count). The molecule has 4 heteroatoms. The van der Waals surface area contributed by atoms with E-state index in [0.717, 1.165) is 36.0 Å². The summed E-state index contributed by atoms with van der Waals surface area (Å²) in [6.45, 7) is 4.11. The second-order valence-electron chi connectivity index (χ2n) is 7.96. The smallest absolute Gasteiger partial charge is 0.410 e. The summed E-state index contributed by atoms with van der Waals surface area (Å²) >= 11 is 0. The van der Waals surface area contributed by atoms with Gasteiger partial charge in [-0.15, -0.1) is 0 Å². The predicted octanol–water partition coefficient (Wildman–Crippen LogP) is 4.87. The Balaban J connectivity index is 1.50. The number of hydrogen-bond donors (Lipinski definition) is 1. The molecule has 2 aliphatic heterocycles. The number of ether oxygens (including phenoxy) is 1. The van der Waals surface area contributed by atoms with Crippen LogP contribution in [-0.2, 0) is 16.9 Å². The molecule has 2 aliphatic rings. The van der Waals surface area contributed by atoms with Crippen LogP contribution in [0.4, 0.5) is 4.79 Å². The Morgan fingerprint density at radius 3 is 2.54 bits per heavy atom. The molecule has 0 radical (unpaired) electrons. The van der Waals surface area contributed by atoms with Crippen molar-refractivity contribution in [2.45, 2.75) is 56.4 Å². The zero-order chi connectivity index (χ0) is 19.6. The lowest BCUT2D eigenvalue weighted by molar-refractivity contribution is -0.0896. The van der Waals surface area contributed by atoms with Crippen molar-refractivity contribution in [2.24, 2.45) is 0 Å². The number of rotatable bonds is 4. The summed E-state index contributed by atoms with van der Waals surface area (Å²) in [5, 5.41) is 11.5. The summed E-state index contributed by atoms with van der Waals surface area (Å²) in [7, 11) is 0. The van der Waals surface area contributed by atoms with Crippen LogP contribution in [0.3, 0.4) is 0 Å². The van der Waals surface area contributed by atoms with Crippen LogP contribution in [0.25, 0.3) is 6.08 Å².